The van der Waals surface area contributed by atoms with Crippen molar-refractivity contribution in [1.82, 2.24) is 10.7 Å². The molecule has 0 aliphatic heterocycles. The molecule has 72 valence electrons. The molecular formula is C11H12N2S. The van der Waals surface area contributed by atoms with Gasteiger partial charge < -0.3 is 0 Å². The fourth-order valence-electron chi connectivity index (χ4n) is 1.41. The second kappa shape index (κ2) is 4.53. The van der Waals surface area contributed by atoms with Crippen LogP contribution in [-0.2, 0) is 6.42 Å². The molecule has 2 aromatic rings. The first-order valence-corrected chi connectivity index (χ1v) is 5.67. The summed E-state index contributed by atoms with van der Waals surface area (Å²) in [5.74, 6) is 0. The van der Waals surface area contributed by atoms with Crippen molar-refractivity contribution in [3.63, 3.8) is 0 Å². The Balaban J connectivity index is 2.11. The van der Waals surface area contributed by atoms with Gasteiger partial charge in [-0.05, 0) is 31.4 Å². The molecular weight excluding hydrogens is 192 g/mol. The van der Waals surface area contributed by atoms with Gasteiger partial charge >= 0.3 is 0 Å². The summed E-state index contributed by atoms with van der Waals surface area (Å²) < 4.78 is 1.26. The largest absolute Gasteiger partial charge is 0.241 e. The van der Waals surface area contributed by atoms with Gasteiger partial charge in [0.1, 0.15) is 0 Å². The van der Waals surface area contributed by atoms with Crippen LogP contribution in [0, 0.1) is 0 Å². The molecule has 0 unspecified atom stereocenters. The maximum Gasteiger partial charge on any atom is 0.0938 e. The van der Waals surface area contributed by atoms with Crippen LogP contribution in [0.15, 0.2) is 24.3 Å². The van der Waals surface area contributed by atoms with E-state index in [1.54, 1.807) is 11.3 Å². The van der Waals surface area contributed by atoms with Crippen LogP contribution in [0.4, 0.5) is 0 Å². The molecule has 1 heterocycles. The van der Waals surface area contributed by atoms with Crippen molar-refractivity contribution in [3.05, 3.63) is 29.3 Å². The molecule has 0 aliphatic rings. The number of hydrogen-bond donors (Lipinski definition) is 0. The molecule has 1 aromatic heterocycles. The third-order valence-corrected chi connectivity index (χ3v) is 3.23. The lowest BCUT2D eigenvalue weighted by atomic mass is 10.2. The highest BCUT2D eigenvalue weighted by atomic mass is 32.1. The SMILES string of the molecule is [N]CCCCc1nc2ccccc2s1. The Morgan fingerprint density at radius 3 is 2.86 bits per heavy atom. The molecule has 0 saturated heterocycles. The molecule has 14 heavy (non-hydrogen) atoms. The van der Waals surface area contributed by atoms with Gasteiger partial charge in [0.2, 0.25) is 0 Å². The number of rotatable bonds is 4. The van der Waals surface area contributed by atoms with Crippen molar-refractivity contribution in [2.75, 3.05) is 6.54 Å². The number of aromatic nitrogens is 1. The van der Waals surface area contributed by atoms with E-state index in [1.165, 1.54) is 9.71 Å². The zero-order valence-corrected chi connectivity index (χ0v) is 8.76. The number of benzene rings is 1. The molecule has 0 spiro atoms. The number of hydrogen-bond acceptors (Lipinski definition) is 2. The monoisotopic (exact) mass is 204 g/mol. The van der Waals surface area contributed by atoms with Gasteiger partial charge in [0, 0.05) is 6.54 Å². The molecule has 2 nitrogen and oxygen atoms in total. The van der Waals surface area contributed by atoms with Gasteiger partial charge in [-0.15, -0.1) is 17.1 Å². The molecule has 0 saturated carbocycles. The van der Waals surface area contributed by atoms with E-state index in [0.717, 1.165) is 24.8 Å². The number of unbranched alkanes of at least 4 members (excludes halogenated alkanes) is 1. The van der Waals surface area contributed by atoms with E-state index in [-0.39, 0.29) is 6.54 Å². The van der Waals surface area contributed by atoms with Crippen LogP contribution >= 0.6 is 11.3 Å². The molecule has 0 atom stereocenters. The lowest BCUT2D eigenvalue weighted by Crippen LogP contribution is -1.88. The van der Waals surface area contributed by atoms with Gasteiger partial charge in [-0.2, -0.15) is 0 Å². The smallest absolute Gasteiger partial charge is 0.0938 e. The summed E-state index contributed by atoms with van der Waals surface area (Å²) in [6.45, 7) is 0.283. The number of thiazole rings is 1. The first-order valence-electron chi connectivity index (χ1n) is 4.85. The number of fused-ring (bicyclic) bond motifs is 1. The minimum Gasteiger partial charge on any atom is -0.241 e. The zero-order valence-electron chi connectivity index (χ0n) is 7.94. The minimum absolute atomic E-state index is 0.283. The third-order valence-electron chi connectivity index (χ3n) is 2.14. The first-order chi connectivity index (χ1) is 6.90. The molecule has 0 bridgehead atoms. The topological polar surface area (TPSA) is 35.2 Å². The van der Waals surface area contributed by atoms with E-state index >= 15 is 0 Å². The Morgan fingerprint density at radius 1 is 1.21 bits per heavy atom. The van der Waals surface area contributed by atoms with Crippen LogP contribution in [0.25, 0.3) is 10.2 Å². The molecule has 2 radical (unpaired) electrons. The van der Waals surface area contributed by atoms with Crippen molar-refractivity contribution in [2.45, 2.75) is 19.3 Å². The van der Waals surface area contributed by atoms with E-state index in [0.29, 0.717) is 0 Å². The quantitative estimate of drug-likeness (QED) is 0.705. The van der Waals surface area contributed by atoms with Gasteiger partial charge in [0.25, 0.3) is 0 Å². The summed E-state index contributed by atoms with van der Waals surface area (Å²) in [6, 6.07) is 8.20. The van der Waals surface area contributed by atoms with Crippen LogP contribution in [-0.4, -0.2) is 11.5 Å². The summed E-state index contributed by atoms with van der Waals surface area (Å²) in [5.41, 5.74) is 9.76. The normalized spacial score (nSPS) is 10.9. The van der Waals surface area contributed by atoms with Crippen molar-refractivity contribution in [2.24, 2.45) is 0 Å². The van der Waals surface area contributed by atoms with Crippen molar-refractivity contribution >= 4 is 21.6 Å². The van der Waals surface area contributed by atoms with Crippen molar-refractivity contribution in [3.8, 4) is 0 Å². The van der Waals surface area contributed by atoms with Crippen molar-refractivity contribution in [1.29, 1.82) is 0 Å². The Morgan fingerprint density at radius 2 is 2.07 bits per heavy atom. The summed E-state index contributed by atoms with van der Waals surface area (Å²) in [7, 11) is 0. The second-order valence-corrected chi connectivity index (χ2v) is 4.37. The van der Waals surface area contributed by atoms with E-state index in [4.69, 9.17) is 5.73 Å². The predicted molar refractivity (Wildman–Crippen MR) is 59.6 cm³/mol. The number of aryl methyl sites for hydroxylation is 1. The summed E-state index contributed by atoms with van der Waals surface area (Å²) in [6.07, 6.45) is 2.88. The summed E-state index contributed by atoms with van der Waals surface area (Å²) >= 11 is 1.75. The standard InChI is InChI=1S/C11H12N2S/c12-8-4-3-7-11-13-9-5-1-2-6-10(9)14-11/h1-2,5-6H,3-4,7-8H2. The first kappa shape index (κ1) is 9.62. The molecule has 1 aromatic carbocycles. The Hall–Kier alpha value is -0.930. The number of nitrogens with zero attached hydrogens (tertiary/aromatic N) is 2. The Kier molecular flexibility index (Phi) is 3.11. The van der Waals surface area contributed by atoms with Crippen LogP contribution in [0.3, 0.4) is 0 Å². The highest BCUT2D eigenvalue weighted by molar-refractivity contribution is 7.18. The Labute approximate surface area is 87.8 Å². The van der Waals surface area contributed by atoms with E-state index in [9.17, 15) is 0 Å². The van der Waals surface area contributed by atoms with Crippen molar-refractivity contribution < 1.29 is 0 Å². The van der Waals surface area contributed by atoms with Gasteiger partial charge in [-0.1, -0.05) is 12.1 Å². The molecule has 0 N–H and O–H groups in total. The fraction of sp³-hybridized carbons (Fsp3) is 0.364. The molecule has 0 fully saturated rings. The van der Waals surface area contributed by atoms with Crippen LogP contribution in [0.2, 0.25) is 0 Å². The lowest BCUT2D eigenvalue weighted by molar-refractivity contribution is 0.733. The highest BCUT2D eigenvalue weighted by Crippen LogP contribution is 2.22. The Bertz CT molecular complexity index is 375. The van der Waals surface area contributed by atoms with Gasteiger partial charge in [0.15, 0.2) is 0 Å². The van der Waals surface area contributed by atoms with E-state index < -0.39 is 0 Å². The third kappa shape index (κ3) is 2.11. The number of para-hydroxylation sites is 1. The lowest BCUT2D eigenvalue weighted by Gasteiger charge is -1.91. The van der Waals surface area contributed by atoms with Crippen LogP contribution in [0.1, 0.15) is 17.8 Å². The fourth-order valence-corrected chi connectivity index (χ4v) is 2.42. The average Bonchev–Trinajstić information content (AvgIpc) is 2.60. The average molecular weight is 204 g/mol. The van der Waals surface area contributed by atoms with Gasteiger partial charge in [-0.3, -0.25) is 0 Å². The van der Waals surface area contributed by atoms with Gasteiger partial charge in [-0.25, -0.2) is 4.98 Å². The molecule has 0 amide bonds. The van der Waals surface area contributed by atoms with Gasteiger partial charge in [0.05, 0.1) is 15.2 Å². The minimum atomic E-state index is 0.283. The maximum absolute atomic E-state index is 8.67. The van der Waals surface area contributed by atoms with E-state index in [2.05, 4.69) is 11.1 Å². The van der Waals surface area contributed by atoms with E-state index in [1.807, 2.05) is 18.2 Å². The molecule has 3 heteroatoms. The summed E-state index contributed by atoms with van der Waals surface area (Å²) in [5, 5.41) is 1.18. The predicted octanol–water partition coefficient (Wildman–Crippen LogP) is 2.69. The second-order valence-electron chi connectivity index (χ2n) is 3.26. The molecule has 2 rings (SSSR count). The summed E-state index contributed by atoms with van der Waals surface area (Å²) in [4.78, 5) is 4.52. The van der Waals surface area contributed by atoms with Crippen LogP contribution < -0.4 is 5.73 Å². The maximum atomic E-state index is 8.67. The molecule has 0 aliphatic carbocycles. The van der Waals surface area contributed by atoms with Crippen LogP contribution in [0.5, 0.6) is 0 Å². The highest BCUT2D eigenvalue weighted by Gasteiger charge is 2.01. The zero-order chi connectivity index (χ0) is 9.80.